The Morgan fingerprint density at radius 2 is 2.33 bits per heavy atom. The van der Waals surface area contributed by atoms with Gasteiger partial charge in [0.15, 0.2) is 0 Å². The number of epoxide rings is 1. The summed E-state index contributed by atoms with van der Waals surface area (Å²) in [4.78, 5) is 0. The summed E-state index contributed by atoms with van der Waals surface area (Å²) in [7, 11) is 0. The van der Waals surface area contributed by atoms with Gasteiger partial charge in [0.2, 0.25) is 0 Å². The predicted octanol–water partition coefficient (Wildman–Crippen LogP) is 1.32. The largest absolute Gasteiger partial charge is 0.496 e. The van der Waals surface area contributed by atoms with Crippen LogP contribution in [-0.2, 0) is 9.47 Å². The minimum absolute atomic E-state index is 0.171. The molecule has 0 bridgehead atoms. The zero-order valence-electron chi connectivity index (χ0n) is 5.89. The van der Waals surface area contributed by atoms with E-state index in [9.17, 15) is 0 Å². The smallest absolute Gasteiger partial charge is 0.140 e. The molecular formula is C7H12O2. The lowest BCUT2D eigenvalue weighted by molar-refractivity contribution is 0.202. The predicted molar refractivity (Wildman–Crippen MR) is 35.1 cm³/mol. The Bertz CT molecular complexity index is 120. The number of hydrogen-bond donors (Lipinski definition) is 0. The molecule has 0 aromatic rings. The molecule has 2 nitrogen and oxygen atoms in total. The highest BCUT2D eigenvalue weighted by Crippen LogP contribution is 2.27. The normalized spacial score (nSPS) is 31.8. The molecule has 2 heteroatoms. The van der Waals surface area contributed by atoms with Gasteiger partial charge in [0.05, 0.1) is 12.7 Å². The van der Waals surface area contributed by atoms with E-state index in [-0.39, 0.29) is 6.10 Å². The van der Waals surface area contributed by atoms with Gasteiger partial charge < -0.3 is 9.47 Å². The van der Waals surface area contributed by atoms with Gasteiger partial charge in [-0.1, -0.05) is 6.58 Å². The second kappa shape index (κ2) is 2.40. The number of ether oxygens (including phenoxy) is 2. The summed E-state index contributed by atoms with van der Waals surface area (Å²) in [5, 5.41) is 0. The van der Waals surface area contributed by atoms with Gasteiger partial charge in [-0.15, -0.1) is 0 Å². The summed E-state index contributed by atoms with van der Waals surface area (Å²) < 4.78 is 10.2. The lowest BCUT2D eigenvalue weighted by Crippen LogP contribution is -1.98. The first-order chi connectivity index (χ1) is 4.25. The first kappa shape index (κ1) is 6.62. The summed E-state index contributed by atoms with van der Waals surface area (Å²) in [6.07, 6.45) is 0.494. The van der Waals surface area contributed by atoms with Crippen LogP contribution in [0.2, 0.25) is 0 Å². The standard InChI is InChI=1S/C7H12O2/c1-4-8-5(2)7-6(3)9-7/h6-7H,2,4H2,1,3H3/t6-,7-/m0/s1. The van der Waals surface area contributed by atoms with E-state index < -0.39 is 0 Å². The van der Waals surface area contributed by atoms with Crippen molar-refractivity contribution in [2.24, 2.45) is 0 Å². The van der Waals surface area contributed by atoms with Crippen molar-refractivity contribution in [2.45, 2.75) is 26.1 Å². The molecule has 1 rings (SSSR count). The molecule has 1 saturated heterocycles. The molecule has 1 fully saturated rings. The maximum absolute atomic E-state index is 5.12. The van der Waals surface area contributed by atoms with E-state index in [0.717, 1.165) is 5.76 Å². The first-order valence-corrected chi connectivity index (χ1v) is 3.22. The van der Waals surface area contributed by atoms with Crippen LogP contribution in [-0.4, -0.2) is 18.8 Å². The highest BCUT2D eigenvalue weighted by atomic mass is 16.6. The van der Waals surface area contributed by atoms with Gasteiger partial charge in [0, 0.05) is 0 Å². The van der Waals surface area contributed by atoms with Crippen molar-refractivity contribution in [1.29, 1.82) is 0 Å². The van der Waals surface area contributed by atoms with Gasteiger partial charge in [-0.3, -0.25) is 0 Å². The van der Waals surface area contributed by atoms with Crippen LogP contribution in [0.3, 0.4) is 0 Å². The molecule has 1 aliphatic rings. The van der Waals surface area contributed by atoms with Gasteiger partial charge in [-0.25, -0.2) is 0 Å². The van der Waals surface area contributed by atoms with Crippen LogP contribution >= 0.6 is 0 Å². The van der Waals surface area contributed by atoms with E-state index >= 15 is 0 Å². The maximum atomic E-state index is 5.12. The molecule has 0 amide bonds. The maximum Gasteiger partial charge on any atom is 0.140 e. The van der Waals surface area contributed by atoms with Crippen LogP contribution in [0.4, 0.5) is 0 Å². The van der Waals surface area contributed by atoms with E-state index in [1.165, 1.54) is 0 Å². The zero-order chi connectivity index (χ0) is 6.85. The van der Waals surface area contributed by atoms with E-state index in [1.807, 2.05) is 13.8 Å². The van der Waals surface area contributed by atoms with Crippen LogP contribution in [0.15, 0.2) is 12.3 Å². The Hall–Kier alpha value is -0.500. The molecule has 0 aromatic heterocycles. The molecule has 0 aromatic carbocycles. The molecule has 9 heavy (non-hydrogen) atoms. The second-order valence-electron chi connectivity index (χ2n) is 2.16. The lowest BCUT2D eigenvalue weighted by atomic mass is 10.3. The highest BCUT2D eigenvalue weighted by Gasteiger charge is 2.37. The van der Waals surface area contributed by atoms with E-state index in [4.69, 9.17) is 9.47 Å². The van der Waals surface area contributed by atoms with Crippen molar-refractivity contribution in [3.05, 3.63) is 12.3 Å². The van der Waals surface area contributed by atoms with Gasteiger partial charge in [-0.2, -0.15) is 0 Å². The van der Waals surface area contributed by atoms with Crippen LogP contribution < -0.4 is 0 Å². The van der Waals surface area contributed by atoms with Crippen LogP contribution in [0.1, 0.15) is 13.8 Å². The number of rotatable bonds is 3. The molecule has 52 valence electrons. The molecule has 0 radical (unpaired) electrons. The SMILES string of the molecule is C=C(OCC)[C@@H]1O[C@H]1C. The van der Waals surface area contributed by atoms with Crippen molar-refractivity contribution in [2.75, 3.05) is 6.61 Å². The quantitative estimate of drug-likeness (QED) is 0.422. The molecule has 0 unspecified atom stereocenters. The van der Waals surface area contributed by atoms with Crippen molar-refractivity contribution in [1.82, 2.24) is 0 Å². The Morgan fingerprint density at radius 1 is 1.78 bits per heavy atom. The zero-order valence-corrected chi connectivity index (χ0v) is 5.89. The van der Waals surface area contributed by atoms with Crippen LogP contribution in [0, 0.1) is 0 Å². The van der Waals surface area contributed by atoms with Crippen molar-refractivity contribution in [3.63, 3.8) is 0 Å². The minimum Gasteiger partial charge on any atom is -0.496 e. The molecule has 0 N–H and O–H groups in total. The summed E-state index contributed by atoms with van der Waals surface area (Å²) in [6, 6.07) is 0. The fourth-order valence-electron chi connectivity index (χ4n) is 0.791. The van der Waals surface area contributed by atoms with Gasteiger partial charge in [0.1, 0.15) is 11.9 Å². The average molecular weight is 128 g/mol. The first-order valence-electron chi connectivity index (χ1n) is 3.22. The third kappa shape index (κ3) is 1.45. The Kier molecular flexibility index (Phi) is 1.76. The van der Waals surface area contributed by atoms with Crippen LogP contribution in [0.25, 0.3) is 0 Å². The summed E-state index contributed by atoms with van der Waals surface area (Å²) >= 11 is 0. The van der Waals surface area contributed by atoms with Crippen LogP contribution in [0.5, 0.6) is 0 Å². The fraction of sp³-hybridized carbons (Fsp3) is 0.714. The monoisotopic (exact) mass is 128 g/mol. The van der Waals surface area contributed by atoms with Gasteiger partial charge in [-0.05, 0) is 13.8 Å². The Labute approximate surface area is 55.5 Å². The molecule has 2 atom stereocenters. The average Bonchev–Trinajstić information content (AvgIpc) is 2.47. The van der Waals surface area contributed by atoms with E-state index in [1.54, 1.807) is 0 Å². The van der Waals surface area contributed by atoms with Gasteiger partial charge >= 0.3 is 0 Å². The number of hydrogen-bond acceptors (Lipinski definition) is 2. The minimum atomic E-state index is 0.171. The molecule has 0 spiro atoms. The van der Waals surface area contributed by atoms with Gasteiger partial charge in [0.25, 0.3) is 0 Å². The fourth-order valence-corrected chi connectivity index (χ4v) is 0.791. The molecule has 1 aliphatic heterocycles. The van der Waals surface area contributed by atoms with E-state index in [0.29, 0.717) is 12.7 Å². The van der Waals surface area contributed by atoms with Crippen molar-refractivity contribution < 1.29 is 9.47 Å². The lowest BCUT2D eigenvalue weighted by Gasteiger charge is -2.00. The summed E-state index contributed by atoms with van der Waals surface area (Å²) in [5.41, 5.74) is 0. The summed E-state index contributed by atoms with van der Waals surface area (Å²) in [5.74, 6) is 0.769. The van der Waals surface area contributed by atoms with E-state index in [2.05, 4.69) is 6.58 Å². The molecular weight excluding hydrogens is 116 g/mol. The van der Waals surface area contributed by atoms with Crippen molar-refractivity contribution in [3.8, 4) is 0 Å². The summed E-state index contributed by atoms with van der Waals surface area (Å²) in [6.45, 7) is 8.35. The topological polar surface area (TPSA) is 21.8 Å². The third-order valence-corrected chi connectivity index (χ3v) is 1.36. The third-order valence-electron chi connectivity index (χ3n) is 1.36. The Balaban J connectivity index is 2.20. The molecule has 0 saturated carbocycles. The van der Waals surface area contributed by atoms with Crippen molar-refractivity contribution >= 4 is 0 Å². The highest BCUT2D eigenvalue weighted by molar-refractivity contribution is 5.04. The second-order valence-corrected chi connectivity index (χ2v) is 2.16. The Morgan fingerprint density at radius 3 is 2.67 bits per heavy atom. The molecule has 0 aliphatic carbocycles. The molecule has 1 heterocycles.